The molecule has 0 saturated heterocycles. The summed E-state index contributed by atoms with van der Waals surface area (Å²) in [5.41, 5.74) is 2.96. The molecule has 7 atom stereocenters. The molecule has 3 fully saturated rings. The van der Waals surface area contributed by atoms with E-state index in [9.17, 15) is 5.11 Å². The van der Waals surface area contributed by atoms with Gasteiger partial charge in [-0.25, -0.2) is 0 Å². The molecule has 0 amide bonds. The van der Waals surface area contributed by atoms with Crippen LogP contribution in [0, 0.1) is 39.9 Å². The second kappa shape index (κ2) is 7.29. The van der Waals surface area contributed by atoms with Crippen molar-refractivity contribution in [1.29, 1.82) is 0 Å². The van der Waals surface area contributed by atoms with Gasteiger partial charge in [-0.3, -0.25) is 0 Å². The topological polar surface area (TPSA) is 20.2 Å². The van der Waals surface area contributed by atoms with Crippen LogP contribution in [0.2, 0.25) is 0 Å². The van der Waals surface area contributed by atoms with Crippen molar-refractivity contribution < 1.29 is 5.11 Å². The van der Waals surface area contributed by atoms with Crippen LogP contribution in [0.25, 0.3) is 0 Å². The predicted octanol–water partition coefficient (Wildman–Crippen LogP) is 7.31. The fraction of sp³-hybridized carbons (Fsp3) is 0.852. The SMILES string of the molecule is CC(C)(C)C/C=C/C[C@H]1CC[C@H]2[C@@H]3CC=C4C[C@@H](O)CC[C@]4(C)[C@H]3CC[C@]12C. The Morgan fingerprint density at radius 1 is 1.04 bits per heavy atom. The van der Waals surface area contributed by atoms with Crippen molar-refractivity contribution in [3.05, 3.63) is 23.8 Å². The zero-order chi connectivity index (χ0) is 20.2. The molecule has 28 heavy (non-hydrogen) atoms. The third-order valence-corrected chi connectivity index (χ3v) is 9.59. The molecule has 4 aliphatic carbocycles. The molecule has 0 spiro atoms. The third kappa shape index (κ3) is 3.55. The molecular formula is C27H44O. The van der Waals surface area contributed by atoms with Crippen LogP contribution in [0.3, 0.4) is 0 Å². The fourth-order valence-corrected chi connectivity index (χ4v) is 7.84. The van der Waals surface area contributed by atoms with Gasteiger partial charge in [0.15, 0.2) is 0 Å². The summed E-state index contributed by atoms with van der Waals surface area (Å²) in [6.07, 6.45) is 20.2. The summed E-state index contributed by atoms with van der Waals surface area (Å²) < 4.78 is 0. The van der Waals surface area contributed by atoms with E-state index in [0.717, 1.165) is 36.5 Å². The molecule has 0 aliphatic heterocycles. The molecule has 1 N–H and O–H groups in total. The second-order valence-electron chi connectivity index (χ2n) is 12.4. The summed E-state index contributed by atoms with van der Waals surface area (Å²) in [6, 6.07) is 0. The van der Waals surface area contributed by atoms with Crippen LogP contribution in [0.1, 0.15) is 98.8 Å². The number of aliphatic hydroxyl groups excluding tert-OH is 1. The van der Waals surface area contributed by atoms with E-state index < -0.39 is 0 Å². The molecule has 0 aromatic heterocycles. The lowest BCUT2D eigenvalue weighted by Gasteiger charge is -2.58. The van der Waals surface area contributed by atoms with Crippen molar-refractivity contribution in [2.45, 2.75) is 105 Å². The van der Waals surface area contributed by atoms with E-state index in [1.165, 1.54) is 51.4 Å². The average molecular weight is 385 g/mol. The van der Waals surface area contributed by atoms with Crippen LogP contribution in [0.4, 0.5) is 0 Å². The van der Waals surface area contributed by atoms with Crippen LogP contribution in [-0.2, 0) is 0 Å². The third-order valence-electron chi connectivity index (χ3n) is 9.59. The number of hydrogen-bond donors (Lipinski definition) is 1. The van der Waals surface area contributed by atoms with Gasteiger partial charge in [0, 0.05) is 0 Å². The van der Waals surface area contributed by atoms with E-state index in [4.69, 9.17) is 0 Å². The molecule has 0 unspecified atom stereocenters. The van der Waals surface area contributed by atoms with Crippen molar-refractivity contribution >= 4 is 0 Å². The monoisotopic (exact) mass is 384 g/mol. The molecule has 4 aliphatic rings. The molecule has 1 nitrogen and oxygen atoms in total. The minimum atomic E-state index is -0.0829. The Bertz CT molecular complexity index is 637. The quantitative estimate of drug-likeness (QED) is 0.506. The molecule has 0 aromatic carbocycles. The van der Waals surface area contributed by atoms with Gasteiger partial charge in [0.05, 0.1) is 6.10 Å². The summed E-state index contributed by atoms with van der Waals surface area (Å²) in [5, 5.41) is 10.2. The fourth-order valence-electron chi connectivity index (χ4n) is 7.84. The lowest BCUT2D eigenvalue weighted by atomic mass is 9.47. The highest BCUT2D eigenvalue weighted by Gasteiger charge is 2.58. The molecule has 1 heteroatoms. The zero-order valence-corrected chi connectivity index (χ0v) is 19.1. The van der Waals surface area contributed by atoms with Crippen molar-refractivity contribution in [2.75, 3.05) is 0 Å². The molecule has 158 valence electrons. The van der Waals surface area contributed by atoms with Crippen molar-refractivity contribution in [1.82, 2.24) is 0 Å². The molecule has 0 heterocycles. The van der Waals surface area contributed by atoms with Gasteiger partial charge < -0.3 is 5.11 Å². The number of hydrogen-bond acceptors (Lipinski definition) is 1. The first-order valence-electron chi connectivity index (χ1n) is 12.2. The van der Waals surface area contributed by atoms with E-state index in [1.807, 2.05) is 0 Å². The maximum absolute atomic E-state index is 10.2. The average Bonchev–Trinajstić information content (AvgIpc) is 2.95. The van der Waals surface area contributed by atoms with Gasteiger partial charge >= 0.3 is 0 Å². The lowest BCUT2D eigenvalue weighted by molar-refractivity contribution is -0.0492. The van der Waals surface area contributed by atoms with Gasteiger partial charge in [0.1, 0.15) is 0 Å². The zero-order valence-electron chi connectivity index (χ0n) is 19.1. The summed E-state index contributed by atoms with van der Waals surface area (Å²) in [7, 11) is 0. The first kappa shape index (κ1) is 20.7. The molecule has 4 rings (SSSR count). The van der Waals surface area contributed by atoms with E-state index in [0.29, 0.717) is 16.2 Å². The Balaban J connectivity index is 1.48. The Kier molecular flexibility index (Phi) is 5.39. The number of fused-ring (bicyclic) bond motifs is 5. The Morgan fingerprint density at radius 2 is 1.82 bits per heavy atom. The summed E-state index contributed by atoms with van der Waals surface area (Å²) >= 11 is 0. The van der Waals surface area contributed by atoms with Crippen LogP contribution in [-0.4, -0.2) is 11.2 Å². The largest absolute Gasteiger partial charge is 0.393 e. The highest BCUT2D eigenvalue weighted by atomic mass is 16.3. The number of aliphatic hydroxyl groups is 1. The minimum Gasteiger partial charge on any atom is -0.393 e. The summed E-state index contributed by atoms with van der Waals surface area (Å²) in [6.45, 7) is 12.2. The van der Waals surface area contributed by atoms with Crippen LogP contribution >= 0.6 is 0 Å². The van der Waals surface area contributed by atoms with Gasteiger partial charge in [0.25, 0.3) is 0 Å². The maximum atomic E-state index is 10.2. The van der Waals surface area contributed by atoms with Crippen LogP contribution in [0.5, 0.6) is 0 Å². The molecule has 0 radical (unpaired) electrons. The Morgan fingerprint density at radius 3 is 2.57 bits per heavy atom. The van der Waals surface area contributed by atoms with Crippen molar-refractivity contribution in [3.63, 3.8) is 0 Å². The normalized spacial score (nSPS) is 46.1. The van der Waals surface area contributed by atoms with Crippen molar-refractivity contribution in [2.24, 2.45) is 39.9 Å². The van der Waals surface area contributed by atoms with Gasteiger partial charge in [-0.05, 0) is 104 Å². The lowest BCUT2D eigenvalue weighted by Crippen LogP contribution is -2.50. The smallest absolute Gasteiger partial charge is 0.0577 e. The maximum Gasteiger partial charge on any atom is 0.0577 e. The van der Waals surface area contributed by atoms with E-state index in [1.54, 1.807) is 5.57 Å². The van der Waals surface area contributed by atoms with Gasteiger partial charge in [0.2, 0.25) is 0 Å². The van der Waals surface area contributed by atoms with E-state index in [-0.39, 0.29) is 6.10 Å². The molecule has 0 aromatic rings. The van der Waals surface area contributed by atoms with Crippen molar-refractivity contribution in [3.8, 4) is 0 Å². The van der Waals surface area contributed by atoms with Gasteiger partial charge in [-0.2, -0.15) is 0 Å². The molecular weight excluding hydrogens is 340 g/mol. The Hall–Kier alpha value is -0.560. The standard InChI is InChI=1S/C27H44O/c1-25(2,3)15-7-6-8-19-10-12-23-22-11-9-20-18-21(28)13-16-27(20,5)24(22)14-17-26(19,23)4/h6-7,9,19,21-24,28H,8,10-18H2,1-5H3/b7-6+/t19-,21-,22-,23-,24-,26+,27-/m0/s1. The molecule has 3 saturated carbocycles. The first-order chi connectivity index (χ1) is 13.1. The number of rotatable bonds is 3. The minimum absolute atomic E-state index is 0.0829. The Labute approximate surface area is 174 Å². The van der Waals surface area contributed by atoms with Crippen LogP contribution < -0.4 is 0 Å². The van der Waals surface area contributed by atoms with Gasteiger partial charge in [-0.15, -0.1) is 0 Å². The van der Waals surface area contributed by atoms with Gasteiger partial charge in [-0.1, -0.05) is 58.4 Å². The van der Waals surface area contributed by atoms with E-state index in [2.05, 4.69) is 52.8 Å². The van der Waals surface area contributed by atoms with Crippen LogP contribution in [0.15, 0.2) is 23.8 Å². The highest BCUT2D eigenvalue weighted by Crippen LogP contribution is 2.66. The number of allylic oxidation sites excluding steroid dienone is 3. The predicted molar refractivity (Wildman–Crippen MR) is 119 cm³/mol. The summed E-state index contributed by atoms with van der Waals surface area (Å²) in [4.78, 5) is 0. The molecule has 0 bridgehead atoms. The second-order valence-corrected chi connectivity index (χ2v) is 12.4. The highest BCUT2D eigenvalue weighted by molar-refractivity contribution is 5.25. The van der Waals surface area contributed by atoms with E-state index >= 15 is 0 Å². The first-order valence-corrected chi connectivity index (χ1v) is 12.2. The summed E-state index contributed by atoms with van der Waals surface area (Å²) in [5.74, 6) is 3.58.